The van der Waals surface area contributed by atoms with Crippen molar-refractivity contribution in [1.82, 2.24) is 9.55 Å². The average molecular weight is 351 g/mol. The molecular formula is C14H15BrN4O2. The van der Waals surface area contributed by atoms with Gasteiger partial charge < -0.3 is 11.1 Å². The van der Waals surface area contributed by atoms with E-state index in [4.69, 9.17) is 5.73 Å². The Balaban J connectivity index is 2.02. The molecule has 0 aliphatic rings. The topological polar surface area (TPSA) is 90.0 Å². The third-order valence-electron chi connectivity index (χ3n) is 2.94. The predicted molar refractivity (Wildman–Crippen MR) is 85.0 cm³/mol. The minimum Gasteiger partial charge on any atom is -0.399 e. The van der Waals surface area contributed by atoms with E-state index in [2.05, 4.69) is 26.2 Å². The van der Waals surface area contributed by atoms with Gasteiger partial charge in [0, 0.05) is 30.5 Å². The Morgan fingerprint density at radius 2 is 2.24 bits per heavy atom. The Labute approximate surface area is 130 Å². The molecule has 0 saturated carbocycles. The van der Waals surface area contributed by atoms with Gasteiger partial charge in [-0.3, -0.25) is 14.2 Å². The summed E-state index contributed by atoms with van der Waals surface area (Å²) in [7, 11) is 0. The van der Waals surface area contributed by atoms with Crippen LogP contribution in [0.25, 0.3) is 0 Å². The highest BCUT2D eigenvalue weighted by Gasteiger charge is 2.08. The van der Waals surface area contributed by atoms with Gasteiger partial charge in [0.15, 0.2) is 0 Å². The van der Waals surface area contributed by atoms with Crippen molar-refractivity contribution in [2.75, 3.05) is 11.1 Å². The fourth-order valence-electron chi connectivity index (χ4n) is 1.87. The van der Waals surface area contributed by atoms with Gasteiger partial charge in [0.2, 0.25) is 5.91 Å². The Bertz CT molecular complexity index is 727. The molecule has 0 bridgehead atoms. The van der Waals surface area contributed by atoms with E-state index >= 15 is 0 Å². The Morgan fingerprint density at radius 1 is 1.48 bits per heavy atom. The third kappa shape index (κ3) is 3.91. The minimum atomic E-state index is -0.195. The molecule has 1 heterocycles. The summed E-state index contributed by atoms with van der Waals surface area (Å²) in [6.07, 6.45) is 1.63. The lowest BCUT2D eigenvalue weighted by molar-refractivity contribution is -0.116. The summed E-state index contributed by atoms with van der Waals surface area (Å²) in [6, 6.07) is 6.94. The van der Waals surface area contributed by atoms with Crippen molar-refractivity contribution in [3.05, 3.63) is 51.1 Å². The molecule has 1 aromatic heterocycles. The number of nitrogens with zero attached hydrogens (tertiary/aromatic N) is 2. The van der Waals surface area contributed by atoms with Crippen molar-refractivity contribution in [3.63, 3.8) is 0 Å². The van der Waals surface area contributed by atoms with Crippen molar-refractivity contribution in [3.8, 4) is 0 Å². The summed E-state index contributed by atoms with van der Waals surface area (Å²) in [5.41, 5.74) is 6.67. The van der Waals surface area contributed by atoms with Gasteiger partial charge in [-0.15, -0.1) is 0 Å². The van der Waals surface area contributed by atoms with E-state index in [1.807, 2.05) is 0 Å². The van der Waals surface area contributed by atoms with E-state index in [-0.39, 0.29) is 24.4 Å². The van der Waals surface area contributed by atoms with Crippen LogP contribution in [0.15, 0.2) is 39.7 Å². The number of anilines is 2. The number of aromatic nitrogens is 2. The van der Waals surface area contributed by atoms with E-state index in [0.717, 1.165) is 0 Å². The summed E-state index contributed by atoms with van der Waals surface area (Å²) in [4.78, 5) is 27.9. The maximum absolute atomic E-state index is 11.9. The monoisotopic (exact) mass is 350 g/mol. The van der Waals surface area contributed by atoms with Crippen LogP contribution in [0.4, 0.5) is 11.4 Å². The lowest BCUT2D eigenvalue weighted by atomic mass is 10.2. The highest BCUT2D eigenvalue weighted by Crippen LogP contribution is 2.12. The molecule has 0 aliphatic heterocycles. The molecule has 110 valence electrons. The van der Waals surface area contributed by atoms with Crippen molar-refractivity contribution in [2.24, 2.45) is 0 Å². The smallest absolute Gasteiger partial charge is 0.267 e. The number of amides is 1. The Morgan fingerprint density at radius 3 is 2.95 bits per heavy atom. The molecule has 2 rings (SSSR count). The molecule has 0 saturated heterocycles. The normalized spacial score (nSPS) is 10.4. The maximum Gasteiger partial charge on any atom is 0.267 e. The lowest BCUT2D eigenvalue weighted by Gasteiger charge is -2.10. The van der Waals surface area contributed by atoms with Gasteiger partial charge in [0.1, 0.15) is 10.3 Å². The number of carbonyl (C=O) groups excluding carboxylic acids is 1. The van der Waals surface area contributed by atoms with Crippen LogP contribution in [0.2, 0.25) is 0 Å². The summed E-state index contributed by atoms with van der Waals surface area (Å²) >= 11 is 3.14. The zero-order valence-corrected chi connectivity index (χ0v) is 13.1. The number of benzene rings is 1. The van der Waals surface area contributed by atoms with E-state index in [0.29, 0.717) is 21.7 Å². The van der Waals surface area contributed by atoms with Gasteiger partial charge in [0.05, 0.1) is 0 Å². The Kier molecular flexibility index (Phi) is 4.74. The molecule has 1 aromatic carbocycles. The second-order valence-corrected chi connectivity index (χ2v) is 5.39. The van der Waals surface area contributed by atoms with Crippen LogP contribution < -0.4 is 16.6 Å². The van der Waals surface area contributed by atoms with Gasteiger partial charge in [-0.05, 0) is 41.1 Å². The zero-order chi connectivity index (χ0) is 15.4. The molecule has 6 nitrogen and oxygen atoms in total. The van der Waals surface area contributed by atoms with E-state index < -0.39 is 0 Å². The van der Waals surface area contributed by atoms with Crippen LogP contribution in [0.3, 0.4) is 0 Å². The highest BCUT2D eigenvalue weighted by atomic mass is 79.9. The number of hydrogen-bond donors (Lipinski definition) is 2. The molecule has 0 fully saturated rings. The van der Waals surface area contributed by atoms with Crippen LogP contribution in [0.5, 0.6) is 0 Å². The molecular weight excluding hydrogens is 336 g/mol. The second kappa shape index (κ2) is 6.53. The molecule has 1 amide bonds. The number of nitrogens with two attached hydrogens (primary N) is 1. The van der Waals surface area contributed by atoms with Gasteiger partial charge in [0.25, 0.3) is 5.56 Å². The first-order valence-electron chi connectivity index (χ1n) is 6.34. The zero-order valence-electron chi connectivity index (χ0n) is 11.5. The molecule has 0 aliphatic carbocycles. The average Bonchev–Trinajstić information content (AvgIpc) is 2.43. The molecule has 7 heteroatoms. The van der Waals surface area contributed by atoms with Gasteiger partial charge in [-0.1, -0.05) is 6.07 Å². The van der Waals surface area contributed by atoms with Crippen molar-refractivity contribution >= 4 is 33.2 Å². The fourth-order valence-corrected chi connectivity index (χ4v) is 2.18. The van der Waals surface area contributed by atoms with Gasteiger partial charge in [-0.2, -0.15) is 0 Å². The first-order valence-corrected chi connectivity index (χ1v) is 7.14. The number of halogens is 1. The molecule has 0 spiro atoms. The number of hydrogen-bond acceptors (Lipinski definition) is 4. The van der Waals surface area contributed by atoms with Gasteiger partial charge >= 0.3 is 0 Å². The lowest BCUT2D eigenvalue weighted by Crippen LogP contribution is -2.26. The molecule has 2 aromatic rings. The molecule has 21 heavy (non-hydrogen) atoms. The number of aryl methyl sites for hydroxylation is 1. The van der Waals surface area contributed by atoms with Crippen LogP contribution in [-0.2, 0) is 11.3 Å². The standard InChI is InChI=1S/C14H15BrN4O2/c1-9-17-8-12(15)14(21)19(9)6-5-13(20)18-11-4-2-3-10(16)7-11/h2-4,7-8H,5-6,16H2,1H3,(H,18,20). The summed E-state index contributed by atoms with van der Waals surface area (Å²) in [5, 5.41) is 2.74. The van der Waals surface area contributed by atoms with Crippen molar-refractivity contribution in [1.29, 1.82) is 0 Å². The van der Waals surface area contributed by atoms with Crippen LogP contribution >= 0.6 is 15.9 Å². The minimum absolute atomic E-state index is 0.174. The van der Waals surface area contributed by atoms with Gasteiger partial charge in [-0.25, -0.2) is 4.98 Å². The number of carbonyl (C=O) groups is 1. The van der Waals surface area contributed by atoms with E-state index in [1.54, 1.807) is 31.2 Å². The SMILES string of the molecule is Cc1ncc(Br)c(=O)n1CCC(=O)Nc1cccc(N)c1. The van der Waals surface area contributed by atoms with Crippen molar-refractivity contribution in [2.45, 2.75) is 19.9 Å². The second-order valence-electron chi connectivity index (χ2n) is 4.53. The third-order valence-corrected chi connectivity index (χ3v) is 3.48. The molecule has 0 atom stereocenters. The van der Waals surface area contributed by atoms with Crippen LogP contribution in [0, 0.1) is 6.92 Å². The predicted octanol–water partition coefficient (Wildman–Crippen LogP) is 1.93. The first kappa shape index (κ1) is 15.2. The quantitative estimate of drug-likeness (QED) is 0.824. The number of nitrogens with one attached hydrogen (secondary N) is 1. The summed E-state index contributed by atoms with van der Waals surface area (Å²) in [5.74, 6) is 0.381. The molecule has 3 N–H and O–H groups in total. The fraction of sp³-hybridized carbons (Fsp3) is 0.214. The van der Waals surface area contributed by atoms with Crippen molar-refractivity contribution < 1.29 is 4.79 Å². The van der Waals surface area contributed by atoms with E-state index in [1.165, 1.54) is 10.8 Å². The highest BCUT2D eigenvalue weighted by molar-refractivity contribution is 9.10. The Hall–Kier alpha value is -2.15. The number of nitrogen functional groups attached to an aromatic ring is 1. The van der Waals surface area contributed by atoms with Crippen LogP contribution in [0.1, 0.15) is 12.2 Å². The van der Waals surface area contributed by atoms with Crippen LogP contribution in [-0.4, -0.2) is 15.5 Å². The first-order chi connectivity index (χ1) is 9.97. The summed E-state index contributed by atoms with van der Waals surface area (Å²) < 4.78 is 1.84. The largest absolute Gasteiger partial charge is 0.399 e. The molecule has 0 radical (unpaired) electrons. The maximum atomic E-state index is 11.9. The molecule has 0 unspecified atom stereocenters. The summed E-state index contributed by atoms with van der Waals surface area (Å²) in [6.45, 7) is 1.99. The van der Waals surface area contributed by atoms with E-state index in [9.17, 15) is 9.59 Å². The number of rotatable bonds is 4.